The lowest BCUT2D eigenvalue weighted by atomic mass is 10.2. The Kier molecular flexibility index (Phi) is 4.85. The van der Waals surface area contributed by atoms with Crippen molar-refractivity contribution in [3.8, 4) is 5.75 Å². The number of alkyl halides is 3. The third kappa shape index (κ3) is 4.78. The van der Waals surface area contributed by atoms with Gasteiger partial charge in [-0.05, 0) is 23.8 Å². The third-order valence-corrected chi connectivity index (χ3v) is 2.90. The third-order valence-electron chi connectivity index (χ3n) is 2.90. The summed E-state index contributed by atoms with van der Waals surface area (Å²) in [6, 6.07) is 9.07. The summed E-state index contributed by atoms with van der Waals surface area (Å²) < 4.78 is 43.2. The van der Waals surface area contributed by atoms with Crippen molar-refractivity contribution >= 4 is 0 Å². The van der Waals surface area contributed by atoms with Crippen LogP contribution < -0.4 is 10.1 Å². The molecule has 1 aromatic carbocycles. The first kappa shape index (κ1) is 15.4. The van der Waals surface area contributed by atoms with Crippen molar-refractivity contribution in [3.63, 3.8) is 0 Å². The van der Waals surface area contributed by atoms with E-state index in [1.54, 1.807) is 13.2 Å². The van der Waals surface area contributed by atoms with Crippen molar-refractivity contribution in [2.24, 2.45) is 0 Å². The van der Waals surface area contributed by atoms with Crippen molar-refractivity contribution in [2.45, 2.75) is 25.8 Å². The summed E-state index contributed by atoms with van der Waals surface area (Å²) in [5.41, 5.74) is 1.49. The normalized spacial score (nSPS) is 11.6. The number of rotatable bonds is 6. The predicted octanol–water partition coefficient (Wildman–Crippen LogP) is 2.74. The van der Waals surface area contributed by atoms with Crippen molar-refractivity contribution in [3.05, 3.63) is 47.8 Å². The maximum absolute atomic E-state index is 12.4. The maximum atomic E-state index is 12.4. The van der Waals surface area contributed by atoms with Crippen LogP contribution in [-0.2, 0) is 19.6 Å². The lowest BCUT2D eigenvalue weighted by Crippen LogP contribution is -2.23. The van der Waals surface area contributed by atoms with Crippen LogP contribution in [-0.4, -0.2) is 23.1 Å². The van der Waals surface area contributed by atoms with Gasteiger partial charge in [0.1, 0.15) is 12.3 Å². The van der Waals surface area contributed by atoms with Gasteiger partial charge in [-0.1, -0.05) is 12.1 Å². The lowest BCUT2D eigenvalue weighted by Gasteiger charge is -2.11. The number of halogens is 3. The summed E-state index contributed by atoms with van der Waals surface area (Å²) in [4.78, 5) is 0. The van der Waals surface area contributed by atoms with E-state index in [4.69, 9.17) is 4.74 Å². The molecule has 0 aliphatic heterocycles. The fourth-order valence-corrected chi connectivity index (χ4v) is 1.94. The number of hydrogen-bond donors (Lipinski definition) is 1. The molecule has 0 amide bonds. The van der Waals surface area contributed by atoms with Gasteiger partial charge in [0.05, 0.1) is 12.8 Å². The van der Waals surface area contributed by atoms with E-state index in [1.807, 2.05) is 24.3 Å². The molecule has 2 rings (SSSR count). The van der Waals surface area contributed by atoms with Crippen molar-refractivity contribution in [1.29, 1.82) is 0 Å². The first-order valence-corrected chi connectivity index (χ1v) is 6.39. The smallest absolute Gasteiger partial charge is 0.408 e. The molecule has 0 fully saturated rings. The Morgan fingerprint density at radius 1 is 1.24 bits per heavy atom. The molecule has 0 spiro atoms. The minimum Gasteiger partial charge on any atom is -0.497 e. The van der Waals surface area contributed by atoms with Crippen LogP contribution in [0.2, 0.25) is 0 Å². The molecule has 0 unspecified atom stereocenters. The summed E-state index contributed by atoms with van der Waals surface area (Å²) in [7, 11) is 1.59. The quantitative estimate of drug-likeness (QED) is 0.891. The van der Waals surface area contributed by atoms with E-state index >= 15 is 0 Å². The second-order valence-corrected chi connectivity index (χ2v) is 4.55. The highest BCUT2D eigenvalue weighted by atomic mass is 19.4. The van der Waals surface area contributed by atoms with Gasteiger partial charge >= 0.3 is 6.18 Å². The van der Waals surface area contributed by atoms with Crippen molar-refractivity contribution in [1.82, 2.24) is 15.1 Å². The van der Waals surface area contributed by atoms with Crippen LogP contribution in [0.5, 0.6) is 5.75 Å². The van der Waals surface area contributed by atoms with E-state index in [-0.39, 0.29) is 0 Å². The van der Waals surface area contributed by atoms with Crippen molar-refractivity contribution < 1.29 is 17.9 Å². The number of nitrogens with zero attached hydrogens (tertiary/aromatic N) is 2. The molecule has 1 aromatic heterocycles. The zero-order valence-corrected chi connectivity index (χ0v) is 11.5. The Morgan fingerprint density at radius 3 is 2.76 bits per heavy atom. The van der Waals surface area contributed by atoms with E-state index < -0.39 is 12.7 Å². The standard InChI is InChI=1S/C14H16F3N3O/c1-21-13-4-2-3-11(7-13)8-18-9-12-5-6-19-20(12)10-14(15,16)17/h2-7,18H,8-10H2,1H3. The van der Waals surface area contributed by atoms with Gasteiger partial charge in [-0.25, -0.2) is 0 Å². The minimum absolute atomic E-state index is 0.313. The molecule has 0 aliphatic carbocycles. The maximum Gasteiger partial charge on any atom is 0.408 e. The second kappa shape index (κ2) is 6.62. The van der Waals surface area contributed by atoms with Gasteiger partial charge in [-0.2, -0.15) is 18.3 Å². The molecule has 0 aliphatic rings. The number of methoxy groups -OCH3 is 1. The van der Waals surface area contributed by atoms with Crippen LogP contribution in [0.15, 0.2) is 36.5 Å². The summed E-state index contributed by atoms with van der Waals surface area (Å²) in [5, 5.41) is 6.79. The van der Waals surface area contributed by atoms with Gasteiger partial charge in [-0.3, -0.25) is 4.68 Å². The predicted molar refractivity (Wildman–Crippen MR) is 71.8 cm³/mol. The zero-order valence-electron chi connectivity index (χ0n) is 11.5. The number of aromatic nitrogens is 2. The first-order chi connectivity index (χ1) is 9.98. The number of hydrogen-bond acceptors (Lipinski definition) is 3. The van der Waals surface area contributed by atoms with Gasteiger partial charge in [0.25, 0.3) is 0 Å². The zero-order chi connectivity index (χ0) is 15.3. The van der Waals surface area contributed by atoms with Crippen LogP contribution >= 0.6 is 0 Å². The van der Waals surface area contributed by atoms with E-state index in [1.165, 1.54) is 6.20 Å². The van der Waals surface area contributed by atoms with Gasteiger partial charge < -0.3 is 10.1 Å². The van der Waals surface area contributed by atoms with E-state index in [0.717, 1.165) is 16.0 Å². The molecule has 0 bridgehead atoms. The Bertz CT molecular complexity index is 581. The Labute approximate surface area is 120 Å². The molecule has 0 radical (unpaired) electrons. The number of ether oxygens (including phenoxy) is 1. The van der Waals surface area contributed by atoms with Gasteiger partial charge in [0, 0.05) is 19.3 Å². The Hall–Kier alpha value is -2.02. The average molecular weight is 299 g/mol. The fourth-order valence-electron chi connectivity index (χ4n) is 1.94. The number of nitrogens with one attached hydrogen (secondary N) is 1. The van der Waals surface area contributed by atoms with Crippen molar-refractivity contribution in [2.75, 3.05) is 7.11 Å². The highest BCUT2D eigenvalue weighted by Crippen LogP contribution is 2.18. The Balaban J connectivity index is 1.90. The molecule has 4 nitrogen and oxygen atoms in total. The highest BCUT2D eigenvalue weighted by molar-refractivity contribution is 5.28. The second-order valence-electron chi connectivity index (χ2n) is 4.55. The van der Waals surface area contributed by atoms with E-state index in [0.29, 0.717) is 18.8 Å². The molecule has 2 aromatic rings. The summed E-state index contributed by atoms with van der Waals surface area (Å²) in [6.07, 6.45) is -2.90. The van der Waals surface area contributed by atoms with Crippen LogP contribution in [0, 0.1) is 0 Å². The molecule has 1 N–H and O–H groups in total. The fraction of sp³-hybridized carbons (Fsp3) is 0.357. The average Bonchev–Trinajstić information content (AvgIpc) is 2.84. The van der Waals surface area contributed by atoms with Gasteiger partial charge in [-0.15, -0.1) is 0 Å². The molecular weight excluding hydrogens is 283 g/mol. The van der Waals surface area contributed by atoms with E-state index in [9.17, 15) is 13.2 Å². The molecule has 0 saturated carbocycles. The van der Waals surface area contributed by atoms with Crippen LogP contribution in [0.4, 0.5) is 13.2 Å². The molecule has 1 heterocycles. The first-order valence-electron chi connectivity index (χ1n) is 6.39. The topological polar surface area (TPSA) is 39.1 Å². The lowest BCUT2D eigenvalue weighted by molar-refractivity contribution is -0.143. The van der Waals surface area contributed by atoms with E-state index in [2.05, 4.69) is 10.4 Å². The highest BCUT2D eigenvalue weighted by Gasteiger charge is 2.29. The molecule has 0 atom stereocenters. The minimum atomic E-state index is -4.27. The Morgan fingerprint density at radius 2 is 2.05 bits per heavy atom. The summed E-state index contributed by atoms with van der Waals surface area (Å²) in [5.74, 6) is 0.747. The summed E-state index contributed by atoms with van der Waals surface area (Å²) >= 11 is 0. The number of benzene rings is 1. The SMILES string of the molecule is COc1cccc(CNCc2ccnn2CC(F)(F)F)c1. The largest absolute Gasteiger partial charge is 0.497 e. The van der Waals surface area contributed by atoms with Gasteiger partial charge in [0.15, 0.2) is 0 Å². The monoisotopic (exact) mass is 299 g/mol. The molecule has 21 heavy (non-hydrogen) atoms. The summed E-state index contributed by atoms with van der Waals surface area (Å²) in [6.45, 7) is -0.224. The van der Waals surface area contributed by atoms with Gasteiger partial charge in [0.2, 0.25) is 0 Å². The molecular formula is C14H16F3N3O. The molecule has 0 saturated heterocycles. The van der Waals surface area contributed by atoms with Crippen LogP contribution in [0.25, 0.3) is 0 Å². The molecule has 7 heteroatoms. The molecule has 114 valence electrons. The van der Waals surface area contributed by atoms with Crippen LogP contribution in [0.1, 0.15) is 11.3 Å². The van der Waals surface area contributed by atoms with Crippen LogP contribution in [0.3, 0.4) is 0 Å².